The van der Waals surface area contributed by atoms with Crippen molar-refractivity contribution < 1.29 is 42.7 Å². The van der Waals surface area contributed by atoms with Crippen LogP contribution in [0.1, 0.15) is 149 Å². The molecule has 0 heterocycles. The van der Waals surface area contributed by atoms with Crippen molar-refractivity contribution in [3.63, 3.8) is 0 Å². The number of carbonyl (C=O) groups is 3. The molecule has 0 saturated carbocycles. The summed E-state index contributed by atoms with van der Waals surface area (Å²) >= 11 is 0. The van der Waals surface area contributed by atoms with Gasteiger partial charge in [0, 0.05) is 19.3 Å². The van der Waals surface area contributed by atoms with Crippen LogP contribution < -0.4 is 0 Å². The van der Waals surface area contributed by atoms with Crippen molar-refractivity contribution in [1.82, 2.24) is 0 Å². The summed E-state index contributed by atoms with van der Waals surface area (Å²) in [5.74, 6) is -1.33. The molecule has 0 fully saturated rings. The van der Waals surface area contributed by atoms with Crippen LogP contribution in [-0.2, 0) is 32.9 Å². The highest BCUT2D eigenvalue weighted by molar-refractivity contribution is 7.46. The van der Waals surface area contributed by atoms with Crippen molar-refractivity contribution in [2.75, 3.05) is 13.2 Å². The van der Waals surface area contributed by atoms with Gasteiger partial charge < -0.3 is 19.3 Å². The van der Waals surface area contributed by atoms with E-state index in [2.05, 4.69) is 67.0 Å². The molecule has 0 saturated heterocycles. The van der Waals surface area contributed by atoms with Gasteiger partial charge in [-0.15, -0.1) is 0 Å². The first-order chi connectivity index (χ1) is 25.7. The minimum Gasteiger partial charge on any atom is -0.462 e. The zero-order valence-corrected chi connectivity index (χ0v) is 33.5. The lowest BCUT2D eigenvalue weighted by Crippen LogP contribution is -2.29. The van der Waals surface area contributed by atoms with E-state index in [-0.39, 0.29) is 31.5 Å². The summed E-state index contributed by atoms with van der Waals surface area (Å²) in [6.07, 6.45) is 46.0. The second-order valence-corrected chi connectivity index (χ2v) is 14.2. The van der Waals surface area contributed by atoms with E-state index >= 15 is 0 Å². The molecule has 0 aliphatic heterocycles. The molecule has 0 aliphatic carbocycles. The third-order valence-corrected chi connectivity index (χ3v) is 8.35. The van der Waals surface area contributed by atoms with Crippen LogP contribution in [-0.4, -0.2) is 46.8 Å². The highest BCUT2D eigenvalue weighted by Crippen LogP contribution is 2.35. The van der Waals surface area contributed by atoms with Gasteiger partial charge in [0.15, 0.2) is 11.9 Å². The molecule has 0 aromatic rings. The summed E-state index contributed by atoms with van der Waals surface area (Å²) in [4.78, 5) is 54.8. The number of ketones is 1. The fraction of sp³-hybridized carbons (Fsp3) is 0.605. The SMILES string of the molecule is CCCCC/C=C\C/C=C\C/C=C\C=C\C(=O)CCCC(=O)OC[C@H](COP(=O)(O)O)OC(=O)CCC/C=C\C/C=C\C/C=C\CCCCCCCC. The maximum atomic E-state index is 12.4. The Morgan fingerprint density at radius 3 is 1.64 bits per heavy atom. The van der Waals surface area contributed by atoms with E-state index in [4.69, 9.17) is 19.3 Å². The van der Waals surface area contributed by atoms with E-state index in [1.807, 2.05) is 24.3 Å². The second kappa shape index (κ2) is 37.2. The topological polar surface area (TPSA) is 136 Å². The highest BCUT2D eigenvalue weighted by Gasteiger charge is 2.22. The fourth-order valence-electron chi connectivity index (χ4n) is 4.87. The third kappa shape index (κ3) is 39.9. The quantitative estimate of drug-likeness (QED) is 0.0161. The predicted octanol–water partition coefficient (Wildman–Crippen LogP) is 11.2. The van der Waals surface area contributed by atoms with Gasteiger partial charge in [-0.05, 0) is 76.7 Å². The molecular formula is C43H69O9P. The smallest absolute Gasteiger partial charge is 0.462 e. The van der Waals surface area contributed by atoms with Gasteiger partial charge in [0.1, 0.15) is 6.61 Å². The van der Waals surface area contributed by atoms with Crippen LogP contribution in [0.15, 0.2) is 85.1 Å². The summed E-state index contributed by atoms with van der Waals surface area (Å²) in [5, 5.41) is 0. The van der Waals surface area contributed by atoms with Gasteiger partial charge in [0.2, 0.25) is 0 Å². The number of unbranched alkanes of at least 4 members (excludes halogenated alkanes) is 10. The van der Waals surface area contributed by atoms with E-state index < -0.39 is 39.1 Å². The maximum absolute atomic E-state index is 12.4. The highest BCUT2D eigenvalue weighted by atomic mass is 31.2. The molecule has 1 atom stereocenters. The minimum absolute atomic E-state index is 0.0369. The van der Waals surface area contributed by atoms with Crippen molar-refractivity contribution in [3.8, 4) is 0 Å². The molecule has 0 rings (SSSR count). The van der Waals surface area contributed by atoms with Crippen molar-refractivity contribution in [3.05, 3.63) is 85.1 Å². The number of phosphoric acid groups is 1. The zero-order chi connectivity index (χ0) is 39.1. The number of ether oxygens (including phenoxy) is 2. The Kier molecular flexibility index (Phi) is 35.0. The third-order valence-electron chi connectivity index (χ3n) is 7.86. The van der Waals surface area contributed by atoms with Crippen LogP contribution in [0.5, 0.6) is 0 Å². The number of phosphoric ester groups is 1. The van der Waals surface area contributed by atoms with Crippen LogP contribution >= 0.6 is 7.82 Å². The van der Waals surface area contributed by atoms with Gasteiger partial charge in [-0.1, -0.05) is 138 Å². The van der Waals surface area contributed by atoms with Crippen molar-refractivity contribution in [2.24, 2.45) is 0 Å². The Morgan fingerprint density at radius 1 is 0.547 bits per heavy atom. The summed E-state index contributed by atoms with van der Waals surface area (Å²) in [7, 11) is -4.83. The number of hydrogen-bond acceptors (Lipinski definition) is 7. The number of rotatable bonds is 35. The fourth-order valence-corrected chi connectivity index (χ4v) is 5.23. The van der Waals surface area contributed by atoms with E-state index in [1.54, 1.807) is 6.08 Å². The first-order valence-corrected chi connectivity index (χ1v) is 21.4. The van der Waals surface area contributed by atoms with Gasteiger partial charge in [0.05, 0.1) is 6.61 Å². The molecule has 0 bridgehead atoms. The van der Waals surface area contributed by atoms with Gasteiger partial charge >= 0.3 is 19.8 Å². The number of esters is 2. The largest absolute Gasteiger partial charge is 0.469 e. The average Bonchev–Trinajstić information content (AvgIpc) is 3.12. The van der Waals surface area contributed by atoms with Gasteiger partial charge in [0.25, 0.3) is 0 Å². The molecule has 10 heteroatoms. The summed E-state index contributed by atoms with van der Waals surface area (Å²) in [6.45, 7) is 3.38. The molecule has 9 nitrogen and oxygen atoms in total. The van der Waals surface area contributed by atoms with Crippen LogP contribution in [0.4, 0.5) is 0 Å². The number of carbonyl (C=O) groups excluding carboxylic acids is 3. The Labute approximate surface area is 320 Å². The second-order valence-electron chi connectivity index (χ2n) is 12.9. The van der Waals surface area contributed by atoms with Crippen LogP contribution in [0, 0.1) is 0 Å². The lowest BCUT2D eigenvalue weighted by atomic mass is 10.1. The molecular weight excluding hydrogens is 691 g/mol. The Hall–Kier alpha value is -3.10. The molecule has 0 spiro atoms. The van der Waals surface area contributed by atoms with Crippen LogP contribution in [0.25, 0.3) is 0 Å². The summed E-state index contributed by atoms with van der Waals surface area (Å²) in [6, 6.07) is 0. The Morgan fingerprint density at radius 2 is 1.04 bits per heavy atom. The molecule has 53 heavy (non-hydrogen) atoms. The predicted molar refractivity (Wildman–Crippen MR) is 216 cm³/mol. The zero-order valence-electron chi connectivity index (χ0n) is 32.6. The van der Waals surface area contributed by atoms with E-state index in [9.17, 15) is 18.9 Å². The first-order valence-electron chi connectivity index (χ1n) is 19.8. The molecule has 2 N–H and O–H groups in total. The molecule has 0 amide bonds. The molecule has 0 aliphatic rings. The van der Waals surface area contributed by atoms with Crippen molar-refractivity contribution >= 4 is 25.5 Å². The maximum Gasteiger partial charge on any atom is 0.469 e. The summed E-state index contributed by atoms with van der Waals surface area (Å²) in [5.41, 5.74) is 0. The van der Waals surface area contributed by atoms with Gasteiger partial charge in [-0.2, -0.15) is 0 Å². The van der Waals surface area contributed by atoms with Crippen LogP contribution in [0.2, 0.25) is 0 Å². The average molecular weight is 761 g/mol. The molecule has 0 aromatic carbocycles. The Bertz CT molecular complexity index is 1190. The molecule has 0 unspecified atom stereocenters. The number of allylic oxidation sites excluding steroid dienone is 14. The van der Waals surface area contributed by atoms with E-state index in [0.717, 1.165) is 38.5 Å². The molecule has 300 valence electrons. The van der Waals surface area contributed by atoms with Gasteiger partial charge in [-0.25, -0.2) is 4.57 Å². The van der Waals surface area contributed by atoms with E-state index in [1.165, 1.54) is 63.9 Å². The Balaban J connectivity index is 4.26. The lowest BCUT2D eigenvalue weighted by Gasteiger charge is -2.18. The standard InChI is InChI=1S/C43H69O9P/c1-3-5-7-9-11-13-15-17-18-19-20-22-24-26-28-30-32-36-43(46)52-41(39-51-53(47,48)49)38-50-42(45)37-33-35-40(44)34-31-29-27-25-23-21-16-14-12-10-8-6-4-2/h12,14,17-18,20-23,26-29,31,34,41H,3-11,13,15-16,19,24-25,30,32-33,35-39H2,1-2H3,(H2,47,48,49)/b14-12-,18-17-,22-20-,23-21-,28-26-,29-27-,34-31+/t41-/m1/s1. The summed E-state index contributed by atoms with van der Waals surface area (Å²) < 4.78 is 26.1. The minimum atomic E-state index is -4.83. The molecule has 0 aromatic heterocycles. The first kappa shape index (κ1) is 49.9. The lowest BCUT2D eigenvalue weighted by molar-refractivity contribution is -0.161. The monoisotopic (exact) mass is 760 g/mol. The molecule has 0 radical (unpaired) electrons. The normalized spacial score (nSPS) is 13.3. The van der Waals surface area contributed by atoms with Gasteiger partial charge in [-0.3, -0.25) is 18.9 Å². The number of hydrogen-bond donors (Lipinski definition) is 2. The van der Waals surface area contributed by atoms with E-state index in [0.29, 0.717) is 12.8 Å². The van der Waals surface area contributed by atoms with Crippen molar-refractivity contribution in [2.45, 2.75) is 155 Å². The van der Waals surface area contributed by atoms with Crippen LogP contribution in [0.3, 0.4) is 0 Å². The van der Waals surface area contributed by atoms with Crippen molar-refractivity contribution in [1.29, 1.82) is 0 Å².